The minimum atomic E-state index is -0.180. The number of amides is 1. The van der Waals surface area contributed by atoms with E-state index in [1.807, 2.05) is 24.9 Å². The normalized spacial score (nSPS) is 12.5. The Kier molecular flexibility index (Phi) is 5.12. The SMILES string of the molecule is CCC(C(=O)NN)N(C)Cc1cccc(C)c1. The van der Waals surface area contributed by atoms with Crippen molar-refractivity contribution in [1.82, 2.24) is 10.3 Å². The molecule has 0 heterocycles. The van der Waals surface area contributed by atoms with E-state index in [4.69, 9.17) is 5.84 Å². The van der Waals surface area contributed by atoms with E-state index in [0.29, 0.717) is 0 Å². The van der Waals surface area contributed by atoms with Crippen molar-refractivity contribution in [2.24, 2.45) is 5.84 Å². The van der Waals surface area contributed by atoms with Gasteiger partial charge in [0.25, 0.3) is 5.91 Å². The zero-order valence-electron chi connectivity index (χ0n) is 10.7. The molecule has 1 rings (SSSR count). The Balaban J connectivity index is 2.70. The van der Waals surface area contributed by atoms with Crippen molar-refractivity contribution in [3.05, 3.63) is 35.4 Å². The van der Waals surface area contributed by atoms with Crippen molar-refractivity contribution in [2.75, 3.05) is 7.05 Å². The molecule has 1 aromatic carbocycles. The highest BCUT2D eigenvalue weighted by Gasteiger charge is 2.20. The van der Waals surface area contributed by atoms with Gasteiger partial charge in [-0.25, -0.2) is 5.84 Å². The number of hydrogen-bond donors (Lipinski definition) is 2. The monoisotopic (exact) mass is 235 g/mol. The minimum absolute atomic E-state index is 0.136. The van der Waals surface area contributed by atoms with Gasteiger partial charge in [-0.2, -0.15) is 0 Å². The number of nitrogens with two attached hydrogens (primary N) is 1. The molecule has 0 aromatic heterocycles. The number of hydrazine groups is 1. The van der Waals surface area contributed by atoms with E-state index in [1.165, 1.54) is 11.1 Å². The van der Waals surface area contributed by atoms with Gasteiger partial charge in [-0.05, 0) is 26.0 Å². The van der Waals surface area contributed by atoms with Crippen LogP contribution in [0.4, 0.5) is 0 Å². The summed E-state index contributed by atoms with van der Waals surface area (Å²) in [5.74, 6) is 5.04. The number of nitrogens with zero attached hydrogens (tertiary/aromatic N) is 1. The molecule has 94 valence electrons. The molecule has 0 radical (unpaired) electrons. The zero-order chi connectivity index (χ0) is 12.8. The number of benzene rings is 1. The Bertz CT molecular complexity index is 379. The lowest BCUT2D eigenvalue weighted by atomic mass is 10.1. The van der Waals surface area contributed by atoms with Gasteiger partial charge in [0.05, 0.1) is 6.04 Å². The maximum atomic E-state index is 11.6. The molecule has 17 heavy (non-hydrogen) atoms. The molecule has 3 N–H and O–H groups in total. The Morgan fingerprint density at radius 2 is 2.24 bits per heavy atom. The standard InChI is InChI=1S/C13H21N3O/c1-4-12(13(17)15-14)16(3)9-11-7-5-6-10(2)8-11/h5-8,12H,4,9,14H2,1-3H3,(H,15,17). The lowest BCUT2D eigenvalue weighted by Gasteiger charge is -2.25. The van der Waals surface area contributed by atoms with Crippen molar-refractivity contribution in [3.63, 3.8) is 0 Å². The molecular weight excluding hydrogens is 214 g/mol. The molecule has 0 aliphatic heterocycles. The average Bonchev–Trinajstić information content (AvgIpc) is 2.29. The Morgan fingerprint density at radius 3 is 2.76 bits per heavy atom. The highest BCUT2D eigenvalue weighted by molar-refractivity contribution is 5.80. The number of carbonyl (C=O) groups excluding carboxylic acids is 1. The summed E-state index contributed by atoms with van der Waals surface area (Å²) in [5, 5.41) is 0. The Morgan fingerprint density at radius 1 is 1.53 bits per heavy atom. The van der Waals surface area contributed by atoms with Gasteiger partial charge >= 0.3 is 0 Å². The van der Waals surface area contributed by atoms with E-state index in [2.05, 4.69) is 30.5 Å². The first-order valence-electron chi connectivity index (χ1n) is 5.84. The smallest absolute Gasteiger partial charge is 0.251 e. The van der Waals surface area contributed by atoms with Crippen LogP contribution in [0.2, 0.25) is 0 Å². The number of aryl methyl sites for hydroxylation is 1. The first-order valence-corrected chi connectivity index (χ1v) is 5.84. The fraction of sp³-hybridized carbons (Fsp3) is 0.462. The fourth-order valence-corrected chi connectivity index (χ4v) is 2.00. The van der Waals surface area contributed by atoms with Crippen LogP contribution >= 0.6 is 0 Å². The average molecular weight is 235 g/mol. The van der Waals surface area contributed by atoms with Crippen LogP contribution in [0.1, 0.15) is 24.5 Å². The molecule has 1 atom stereocenters. The van der Waals surface area contributed by atoms with E-state index < -0.39 is 0 Å². The summed E-state index contributed by atoms with van der Waals surface area (Å²) in [6.07, 6.45) is 0.741. The van der Waals surface area contributed by atoms with Gasteiger partial charge in [0, 0.05) is 6.54 Å². The van der Waals surface area contributed by atoms with Gasteiger partial charge < -0.3 is 0 Å². The minimum Gasteiger partial charge on any atom is -0.293 e. The second kappa shape index (κ2) is 6.37. The quantitative estimate of drug-likeness (QED) is 0.458. The van der Waals surface area contributed by atoms with Crippen LogP contribution in [0.15, 0.2) is 24.3 Å². The molecule has 1 aromatic rings. The predicted molar refractivity (Wildman–Crippen MR) is 69.1 cm³/mol. The molecule has 4 nitrogen and oxygen atoms in total. The first-order chi connectivity index (χ1) is 8.08. The van der Waals surface area contributed by atoms with Crippen LogP contribution < -0.4 is 11.3 Å². The van der Waals surface area contributed by atoms with Crippen molar-refractivity contribution in [3.8, 4) is 0 Å². The fourth-order valence-electron chi connectivity index (χ4n) is 2.00. The molecule has 0 saturated carbocycles. The van der Waals surface area contributed by atoms with Crippen LogP contribution in [0.5, 0.6) is 0 Å². The van der Waals surface area contributed by atoms with Crippen molar-refractivity contribution >= 4 is 5.91 Å². The summed E-state index contributed by atoms with van der Waals surface area (Å²) >= 11 is 0. The van der Waals surface area contributed by atoms with Crippen LogP contribution in [-0.2, 0) is 11.3 Å². The van der Waals surface area contributed by atoms with E-state index in [9.17, 15) is 4.79 Å². The molecule has 1 unspecified atom stereocenters. The van der Waals surface area contributed by atoms with Gasteiger partial charge in [0.15, 0.2) is 0 Å². The molecule has 0 saturated heterocycles. The lowest BCUT2D eigenvalue weighted by Crippen LogP contribution is -2.47. The number of rotatable bonds is 5. The highest BCUT2D eigenvalue weighted by Crippen LogP contribution is 2.10. The number of likely N-dealkylation sites (N-methyl/N-ethyl adjacent to an activating group) is 1. The predicted octanol–water partition coefficient (Wildman–Crippen LogP) is 1.20. The third-order valence-electron chi connectivity index (χ3n) is 2.88. The molecule has 1 amide bonds. The summed E-state index contributed by atoms with van der Waals surface area (Å²) in [6.45, 7) is 4.79. The zero-order valence-corrected chi connectivity index (χ0v) is 10.7. The molecule has 0 bridgehead atoms. The van der Waals surface area contributed by atoms with Crippen LogP contribution in [-0.4, -0.2) is 23.9 Å². The van der Waals surface area contributed by atoms with Gasteiger partial charge in [0.2, 0.25) is 0 Å². The number of hydrogen-bond acceptors (Lipinski definition) is 3. The largest absolute Gasteiger partial charge is 0.293 e. The van der Waals surface area contributed by atoms with Gasteiger partial charge in [0.1, 0.15) is 0 Å². The first kappa shape index (κ1) is 13.7. The van der Waals surface area contributed by atoms with E-state index in [0.717, 1.165) is 13.0 Å². The lowest BCUT2D eigenvalue weighted by molar-refractivity contribution is -0.126. The third kappa shape index (κ3) is 3.84. The molecule has 0 fully saturated rings. The van der Waals surface area contributed by atoms with Crippen LogP contribution in [0.3, 0.4) is 0 Å². The summed E-state index contributed by atoms with van der Waals surface area (Å²) in [5.41, 5.74) is 4.65. The van der Waals surface area contributed by atoms with Crippen molar-refractivity contribution < 1.29 is 4.79 Å². The Labute approximate surface area is 103 Å². The van der Waals surface area contributed by atoms with Crippen LogP contribution in [0.25, 0.3) is 0 Å². The topological polar surface area (TPSA) is 58.4 Å². The molecule has 0 aliphatic rings. The van der Waals surface area contributed by atoms with Crippen LogP contribution in [0, 0.1) is 6.92 Å². The summed E-state index contributed by atoms with van der Waals surface area (Å²) in [6, 6.07) is 8.11. The van der Waals surface area contributed by atoms with Crippen molar-refractivity contribution in [2.45, 2.75) is 32.9 Å². The molecule has 0 spiro atoms. The molecular formula is C13H21N3O. The summed E-state index contributed by atoms with van der Waals surface area (Å²) in [7, 11) is 1.94. The maximum absolute atomic E-state index is 11.6. The van der Waals surface area contributed by atoms with Gasteiger partial charge in [-0.15, -0.1) is 0 Å². The molecule has 4 heteroatoms. The second-order valence-electron chi connectivity index (χ2n) is 4.34. The van der Waals surface area contributed by atoms with E-state index in [-0.39, 0.29) is 11.9 Å². The third-order valence-corrected chi connectivity index (χ3v) is 2.88. The van der Waals surface area contributed by atoms with Crippen molar-refractivity contribution in [1.29, 1.82) is 0 Å². The maximum Gasteiger partial charge on any atom is 0.251 e. The number of nitrogens with one attached hydrogen (secondary N) is 1. The van der Waals surface area contributed by atoms with Gasteiger partial charge in [-0.1, -0.05) is 36.8 Å². The Hall–Kier alpha value is -1.39. The van der Waals surface area contributed by atoms with E-state index in [1.54, 1.807) is 0 Å². The van der Waals surface area contributed by atoms with Gasteiger partial charge in [-0.3, -0.25) is 15.1 Å². The molecule has 0 aliphatic carbocycles. The second-order valence-corrected chi connectivity index (χ2v) is 4.34. The summed E-state index contributed by atoms with van der Waals surface area (Å²) < 4.78 is 0. The summed E-state index contributed by atoms with van der Waals surface area (Å²) in [4.78, 5) is 13.6. The van der Waals surface area contributed by atoms with E-state index >= 15 is 0 Å². The number of carbonyl (C=O) groups is 1. The highest BCUT2D eigenvalue weighted by atomic mass is 16.2.